The highest BCUT2D eigenvalue weighted by Gasteiger charge is 2.20. The van der Waals surface area contributed by atoms with E-state index in [1.54, 1.807) is 0 Å². The molecule has 1 fully saturated rings. The minimum absolute atomic E-state index is 0.296. The number of hydrogen-bond donors (Lipinski definition) is 1. The van der Waals surface area contributed by atoms with Crippen LogP contribution in [0, 0.1) is 0 Å². The van der Waals surface area contributed by atoms with Gasteiger partial charge in [-0.05, 0) is 18.2 Å². The molecule has 1 aromatic carbocycles. The van der Waals surface area contributed by atoms with E-state index in [2.05, 4.69) is 26.1 Å². The Morgan fingerprint density at radius 1 is 1.28 bits per heavy atom. The molecule has 6 heteroatoms. The number of nitrogens with one attached hydrogen (secondary N) is 1. The van der Waals surface area contributed by atoms with Gasteiger partial charge in [0.2, 0.25) is 0 Å². The molecule has 1 saturated heterocycles. The van der Waals surface area contributed by atoms with Crippen molar-refractivity contribution in [1.82, 2.24) is 4.90 Å². The van der Waals surface area contributed by atoms with E-state index in [1.165, 1.54) is 0 Å². The Morgan fingerprint density at radius 3 is 2.67 bits per heavy atom. The zero-order chi connectivity index (χ0) is 13.0. The van der Waals surface area contributed by atoms with Crippen molar-refractivity contribution in [1.29, 1.82) is 0 Å². The number of hydrogen-bond acceptors (Lipinski definition) is 4. The van der Waals surface area contributed by atoms with Gasteiger partial charge in [-0.2, -0.15) is 0 Å². The molecule has 0 atom stereocenters. The van der Waals surface area contributed by atoms with Gasteiger partial charge < -0.3 is 5.32 Å². The highest BCUT2D eigenvalue weighted by atomic mass is 79.9. The normalized spacial score (nSPS) is 19.6. The maximum Gasteiger partial charge on any atom is 0.152 e. The lowest BCUT2D eigenvalue weighted by Gasteiger charge is -2.26. The number of sulfone groups is 1. The lowest BCUT2D eigenvalue weighted by Crippen LogP contribution is -2.42. The van der Waals surface area contributed by atoms with Crippen LogP contribution in [0.1, 0.15) is 0 Å². The smallest absolute Gasteiger partial charge is 0.152 e. The van der Waals surface area contributed by atoms with Gasteiger partial charge in [0, 0.05) is 36.3 Å². The van der Waals surface area contributed by atoms with Crippen LogP contribution in [0.5, 0.6) is 0 Å². The van der Waals surface area contributed by atoms with E-state index in [-0.39, 0.29) is 0 Å². The summed E-state index contributed by atoms with van der Waals surface area (Å²) in [5.74, 6) is 0.591. The van der Waals surface area contributed by atoms with Crippen molar-refractivity contribution in [2.75, 3.05) is 43.0 Å². The molecule has 1 aromatic rings. The number of anilines is 1. The van der Waals surface area contributed by atoms with E-state index >= 15 is 0 Å². The molecular formula is C12H17BrN2O2S. The molecule has 0 saturated carbocycles. The quantitative estimate of drug-likeness (QED) is 0.909. The zero-order valence-corrected chi connectivity index (χ0v) is 12.5. The SMILES string of the molecule is O=S1(=O)CCN(CCNc2cccc(Br)c2)CC1. The minimum atomic E-state index is -2.77. The van der Waals surface area contributed by atoms with Gasteiger partial charge in [-0.1, -0.05) is 22.0 Å². The Balaban J connectivity index is 1.73. The summed E-state index contributed by atoms with van der Waals surface area (Å²) < 4.78 is 23.6. The molecular weight excluding hydrogens is 316 g/mol. The second-order valence-electron chi connectivity index (χ2n) is 4.43. The molecule has 4 nitrogen and oxygen atoms in total. The largest absolute Gasteiger partial charge is 0.384 e. The van der Waals surface area contributed by atoms with Crippen molar-refractivity contribution < 1.29 is 8.42 Å². The third kappa shape index (κ3) is 4.26. The molecule has 18 heavy (non-hydrogen) atoms. The molecule has 0 amide bonds. The summed E-state index contributed by atoms with van der Waals surface area (Å²) in [4.78, 5) is 2.19. The summed E-state index contributed by atoms with van der Waals surface area (Å²) in [7, 11) is -2.77. The molecule has 0 unspecified atom stereocenters. The summed E-state index contributed by atoms with van der Waals surface area (Å²) in [6, 6.07) is 8.02. The fourth-order valence-electron chi connectivity index (χ4n) is 1.93. The van der Waals surface area contributed by atoms with Crippen LogP contribution in [0.2, 0.25) is 0 Å². The molecule has 0 radical (unpaired) electrons. The Kier molecular flexibility index (Phi) is 4.64. The maximum atomic E-state index is 11.3. The van der Waals surface area contributed by atoms with Gasteiger partial charge in [-0.25, -0.2) is 8.42 Å². The lowest BCUT2D eigenvalue weighted by molar-refractivity contribution is 0.307. The van der Waals surface area contributed by atoms with Gasteiger partial charge in [0.05, 0.1) is 11.5 Å². The summed E-state index contributed by atoms with van der Waals surface area (Å²) in [6.45, 7) is 3.02. The number of nitrogens with zero attached hydrogens (tertiary/aromatic N) is 1. The van der Waals surface area contributed by atoms with Crippen molar-refractivity contribution >= 4 is 31.5 Å². The van der Waals surface area contributed by atoms with Crippen molar-refractivity contribution in [2.24, 2.45) is 0 Å². The second kappa shape index (κ2) is 6.04. The van der Waals surface area contributed by atoms with Crippen LogP contribution in [0.15, 0.2) is 28.7 Å². The highest BCUT2D eigenvalue weighted by molar-refractivity contribution is 9.10. The van der Waals surface area contributed by atoms with E-state index in [0.29, 0.717) is 24.6 Å². The summed E-state index contributed by atoms with van der Waals surface area (Å²) in [5, 5.41) is 3.33. The maximum absolute atomic E-state index is 11.3. The molecule has 0 bridgehead atoms. The zero-order valence-electron chi connectivity index (χ0n) is 10.1. The molecule has 1 aliphatic rings. The molecule has 2 rings (SSSR count). The van der Waals surface area contributed by atoms with Crippen molar-refractivity contribution in [3.05, 3.63) is 28.7 Å². The van der Waals surface area contributed by atoms with Gasteiger partial charge in [0.25, 0.3) is 0 Å². The predicted octanol–water partition coefficient (Wildman–Crippen LogP) is 1.59. The average Bonchev–Trinajstić information content (AvgIpc) is 2.31. The van der Waals surface area contributed by atoms with Crippen LogP contribution in [0.3, 0.4) is 0 Å². The molecule has 1 heterocycles. The van der Waals surface area contributed by atoms with Crippen molar-refractivity contribution in [3.8, 4) is 0 Å². The first-order chi connectivity index (χ1) is 8.55. The van der Waals surface area contributed by atoms with Crippen molar-refractivity contribution in [2.45, 2.75) is 0 Å². The van der Waals surface area contributed by atoms with E-state index in [9.17, 15) is 8.42 Å². The number of benzene rings is 1. The van der Waals surface area contributed by atoms with Gasteiger partial charge in [-0.15, -0.1) is 0 Å². The summed E-state index contributed by atoms with van der Waals surface area (Å²) >= 11 is 3.43. The monoisotopic (exact) mass is 332 g/mol. The Hall–Kier alpha value is -0.590. The van der Waals surface area contributed by atoms with Crippen LogP contribution in [-0.4, -0.2) is 51.0 Å². The molecule has 1 N–H and O–H groups in total. The molecule has 0 aromatic heterocycles. The minimum Gasteiger partial charge on any atom is -0.384 e. The fraction of sp³-hybridized carbons (Fsp3) is 0.500. The first-order valence-corrected chi connectivity index (χ1v) is 8.59. The van der Waals surface area contributed by atoms with E-state index in [4.69, 9.17) is 0 Å². The molecule has 100 valence electrons. The standard InChI is InChI=1S/C12H17BrN2O2S/c13-11-2-1-3-12(10-11)14-4-5-15-6-8-18(16,17)9-7-15/h1-3,10,14H,4-9H2. The average molecular weight is 333 g/mol. The van der Waals surface area contributed by atoms with Gasteiger partial charge in [-0.3, -0.25) is 4.90 Å². The molecule has 1 aliphatic heterocycles. The Bertz CT molecular complexity index is 491. The van der Waals surface area contributed by atoms with E-state index < -0.39 is 9.84 Å². The Morgan fingerprint density at radius 2 is 2.00 bits per heavy atom. The van der Waals surface area contributed by atoms with Gasteiger partial charge in [0.1, 0.15) is 0 Å². The van der Waals surface area contributed by atoms with E-state index in [0.717, 1.165) is 23.2 Å². The van der Waals surface area contributed by atoms with Crippen molar-refractivity contribution in [3.63, 3.8) is 0 Å². The third-order valence-corrected chi connectivity index (χ3v) is 5.12. The Labute approximate surface area is 116 Å². The number of halogens is 1. The van der Waals surface area contributed by atoms with E-state index in [1.807, 2.05) is 24.3 Å². The number of rotatable bonds is 4. The van der Waals surface area contributed by atoms with Crippen LogP contribution >= 0.6 is 15.9 Å². The summed E-state index contributed by atoms with van der Waals surface area (Å²) in [6.07, 6.45) is 0. The topological polar surface area (TPSA) is 49.4 Å². The second-order valence-corrected chi connectivity index (χ2v) is 7.65. The van der Waals surface area contributed by atoms with Crippen LogP contribution < -0.4 is 5.32 Å². The van der Waals surface area contributed by atoms with Gasteiger partial charge in [0.15, 0.2) is 9.84 Å². The third-order valence-electron chi connectivity index (χ3n) is 3.02. The predicted molar refractivity (Wildman–Crippen MR) is 77.7 cm³/mol. The van der Waals surface area contributed by atoms with Crippen LogP contribution in [0.25, 0.3) is 0 Å². The fourth-order valence-corrected chi connectivity index (χ4v) is 3.61. The van der Waals surface area contributed by atoms with Crippen LogP contribution in [0.4, 0.5) is 5.69 Å². The first kappa shape index (κ1) is 13.8. The lowest BCUT2D eigenvalue weighted by atomic mass is 10.3. The van der Waals surface area contributed by atoms with Crippen LogP contribution in [-0.2, 0) is 9.84 Å². The molecule has 0 aliphatic carbocycles. The highest BCUT2D eigenvalue weighted by Crippen LogP contribution is 2.15. The summed E-state index contributed by atoms with van der Waals surface area (Å²) in [5.41, 5.74) is 1.08. The molecule has 0 spiro atoms. The van der Waals surface area contributed by atoms with Gasteiger partial charge >= 0.3 is 0 Å². The first-order valence-electron chi connectivity index (χ1n) is 5.97.